The third kappa shape index (κ3) is 3.53. The monoisotopic (exact) mass is 326 g/mol. The number of thiophene rings is 1. The van der Waals surface area contributed by atoms with E-state index in [1.807, 2.05) is 29.6 Å². The van der Waals surface area contributed by atoms with Crippen LogP contribution in [0.2, 0.25) is 5.02 Å². The molecule has 4 heteroatoms. The molecule has 0 N–H and O–H groups in total. The number of ketones is 1. The molecule has 17 heavy (non-hydrogen) atoms. The molecule has 2 aromatic rings. The van der Waals surface area contributed by atoms with E-state index in [-0.39, 0.29) is 5.78 Å². The van der Waals surface area contributed by atoms with E-state index in [2.05, 4.69) is 15.9 Å². The highest BCUT2D eigenvalue weighted by Gasteiger charge is 2.04. The lowest BCUT2D eigenvalue weighted by Gasteiger charge is -1.93. The van der Waals surface area contributed by atoms with Gasteiger partial charge in [-0.15, -0.1) is 11.3 Å². The van der Waals surface area contributed by atoms with Gasteiger partial charge in [0.1, 0.15) is 0 Å². The highest BCUT2D eigenvalue weighted by molar-refractivity contribution is 9.10. The Morgan fingerprint density at radius 3 is 2.82 bits per heavy atom. The predicted molar refractivity (Wildman–Crippen MR) is 76.8 cm³/mol. The Bertz CT molecular complexity index is 574. The molecule has 1 aromatic heterocycles. The Morgan fingerprint density at radius 2 is 2.18 bits per heavy atom. The summed E-state index contributed by atoms with van der Waals surface area (Å²) in [6.07, 6.45) is 3.33. The molecule has 0 amide bonds. The van der Waals surface area contributed by atoms with E-state index in [0.717, 1.165) is 14.9 Å². The standard InChI is InChI=1S/C13H8BrClOS/c14-10-7-13(17-8-10)12(16)5-4-9-2-1-3-11(15)6-9/h1-8H/b5-4+. The van der Waals surface area contributed by atoms with Crippen LogP contribution < -0.4 is 0 Å². The molecule has 0 aliphatic carbocycles. The maximum Gasteiger partial charge on any atom is 0.195 e. The van der Waals surface area contributed by atoms with Crippen molar-refractivity contribution in [2.75, 3.05) is 0 Å². The number of halogens is 2. The maximum atomic E-state index is 11.8. The molecule has 0 saturated heterocycles. The highest BCUT2D eigenvalue weighted by atomic mass is 79.9. The van der Waals surface area contributed by atoms with Crippen molar-refractivity contribution >= 4 is 50.7 Å². The third-order valence-corrected chi connectivity index (χ3v) is 4.03. The van der Waals surface area contributed by atoms with Gasteiger partial charge in [0.05, 0.1) is 4.88 Å². The van der Waals surface area contributed by atoms with Gasteiger partial charge in [-0.2, -0.15) is 0 Å². The first kappa shape index (κ1) is 12.6. The molecule has 0 fully saturated rings. The Hall–Kier alpha value is -0.900. The van der Waals surface area contributed by atoms with Gasteiger partial charge in [-0.05, 0) is 45.8 Å². The minimum Gasteiger partial charge on any atom is -0.288 e. The molecule has 0 saturated carbocycles. The van der Waals surface area contributed by atoms with Gasteiger partial charge in [0.2, 0.25) is 0 Å². The molecule has 1 aromatic carbocycles. The van der Waals surface area contributed by atoms with Gasteiger partial charge >= 0.3 is 0 Å². The molecule has 0 spiro atoms. The lowest BCUT2D eigenvalue weighted by Crippen LogP contribution is -1.88. The SMILES string of the molecule is O=C(/C=C/c1cccc(Cl)c1)c1cc(Br)cs1. The van der Waals surface area contributed by atoms with Crippen molar-refractivity contribution in [1.29, 1.82) is 0 Å². The zero-order valence-corrected chi connectivity index (χ0v) is 11.8. The van der Waals surface area contributed by atoms with Crippen LogP contribution in [0.1, 0.15) is 15.2 Å². The van der Waals surface area contributed by atoms with Gasteiger partial charge < -0.3 is 0 Å². The molecule has 2 rings (SSSR count). The van der Waals surface area contributed by atoms with Crippen LogP contribution in [-0.2, 0) is 0 Å². The Labute approximate surface area is 117 Å². The van der Waals surface area contributed by atoms with Crippen molar-refractivity contribution in [2.45, 2.75) is 0 Å². The molecule has 1 nitrogen and oxygen atoms in total. The number of carbonyl (C=O) groups excluding carboxylic acids is 1. The quantitative estimate of drug-likeness (QED) is 0.569. The van der Waals surface area contributed by atoms with Crippen LogP contribution in [0.25, 0.3) is 6.08 Å². The summed E-state index contributed by atoms with van der Waals surface area (Å²) < 4.78 is 0.932. The highest BCUT2D eigenvalue weighted by Crippen LogP contribution is 2.21. The van der Waals surface area contributed by atoms with Gasteiger partial charge in [0.25, 0.3) is 0 Å². The van der Waals surface area contributed by atoms with E-state index in [1.54, 1.807) is 18.2 Å². The topological polar surface area (TPSA) is 17.1 Å². The third-order valence-electron chi connectivity index (χ3n) is 2.09. The molecular formula is C13H8BrClOS. The summed E-state index contributed by atoms with van der Waals surface area (Å²) in [5.74, 6) is 0.000625. The van der Waals surface area contributed by atoms with E-state index in [4.69, 9.17) is 11.6 Å². The summed E-state index contributed by atoms with van der Waals surface area (Å²) in [6.45, 7) is 0. The zero-order chi connectivity index (χ0) is 12.3. The summed E-state index contributed by atoms with van der Waals surface area (Å²) >= 11 is 10.6. The minimum absolute atomic E-state index is 0.000625. The zero-order valence-electron chi connectivity index (χ0n) is 8.69. The average molecular weight is 328 g/mol. The number of benzene rings is 1. The normalized spacial score (nSPS) is 10.9. The molecular weight excluding hydrogens is 320 g/mol. The van der Waals surface area contributed by atoms with Gasteiger partial charge in [-0.3, -0.25) is 4.79 Å². The van der Waals surface area contributed by atoms with E-state index in [9.17, 15) is 4.79 Å². The molecule has 0 unspecified atom stereocenters. The fourth-order valence-corrected chi connectivity index (χ4v) is 2.85. The fraction of sp³-hybridized carbons (Fsp3) is 0. The first-order valence-corrected chi connectivity index (χ1v) is 6.92. The molecule has 0 aliphatic rings. The molecule has 0 atom stereocenters. The van der Waals surface area contributed by atoms with Crippen molar-refractivity contribution in [1.82, 2.24) is 0 Å². The average Bonchev–Trinajstić information content (AvgIpc) is 2.73. The van der Waals surface area contributed by atoms with Gasteiger partial charge in [0.15, 0.2) is 5.78 Å². The van der Waals surface area contributed by atoms with Crippen LogP contribution in [0.5, 0.6) is 0 Å². The van der Waals surface area contributed by atoms with Crippen LogP contribution in [0, 0.1) is 0 Å². The lowest BCUT2D eigenvalue weighted by molar-refractivity contribution is 0.105. The van der Waals surface area contributed by atoms with Crippen LogP contribution in [0.3, 0.4) is 0 Å². The van der Waals surface area contributed by atoms with Crippen LogP contribution in [0.15, 0.2) is 46.3 Å². The van der Waals surface area contributed by atoms with Gasteiger partial charge in [0, 0.05) is 14.9 Å². The van der Waals surface area contributed by atoms with Crippen molar-refractivity contribution in [3.05, 3.63) is 61.7 Å². The van der Waals surface area contributed by atoms with Crippen LogP contribution in [0.4, 0.5) is 0 Å². The van der Waals surface area contributed by atoms with Gasteiger partial charge in [-0.25, -0.2) is 0 Å². The summed E-state index contributed by atoms with van der Waals surface area (Å²) in [4.78, 5) is 12.5. The lowest BCUT2D eigenvalue weighted by atomic mass is 10.2. The molecule has 0 radical (unpaired) electrons. The first-order chi connectivity index (χ1) is 8.15. The van der Waals surface area contributed by atoms with Crippen LogP contribution in [-0.4, -0.2) is 5.78 Å². The van der Waals surface area contributed by atoms with Crippen molar-refractivity contribution in [2.24, 2.45) is 0 Å². The molecule has 0 bridgehead atoms. The van der Waals surface area contributed by atoms with Gasteiger partial charge in [-0.1, -0.05) is 29.8 Å². The molecule has 1 heterocycles. The second kappa shape index (κ2) is 5.63. The smallest absolute Gasteiger partial charge is 0.195 e. The number of allylic oxidation sites excluding steroid dienone is 1. The maximum absolute atomic E-state index is 11.8. The summed E-state index contributed by atoms with van der Waals surface area (Å²) in [5.41, 5.74) is 0.918. The fourth-order valence-electron chi connectivity index (χ4n) is 1.31. The number of hydrogen-bond acceptors (Lipinski definition) is 2. The van der Waals surface area contributed by atoms with Crippen molar-refractivity contribution in [3.8, 4) is 0 Å². The summed E-state index contributed by atoms with van der Waals surface area (Å²) in [6, 6.07) is 9.19. The van der Waals surface area contributed by atoms with E-state index < -0.39 is 0 Å². The summed E-state index contributed by atoms with van der Waals surface area (Å²) in [7, 11) is 0. The summed E-state index contributed by atoms with van der Waals surface area (Å²) in [5, 5.41) is 2.55. The Balaban J connectivity index is 2.13. The largest absolute Gasteiger partial charge is 0.288 e. The second-order valence-electron chi connectivity index (χ2n) is 3.38. The molecule has 86 valence electrons. The Kier molecular flexibility index (Phi) is 4.15. The molecule has 0 aliphatic heterocycles. The number of hydrogen-bond donors (Lipinski definition) is 0. The van der Waals surface area contributed by atoms with E-state index in [1.165, 1.54) is 11.3 Å². The predicted octanol–water partition coefficient (Wildman–Crippen LogP) is 5.06. The van der Waals surface area contributed by atoms with E-state index in [0.29, 0.717) is 5.02 Å². The van der Waals surface area contributed by atoms with Crippen molar-refractivity contribution in [3.63, 3.8) is 0 Å². The first-order valence-electron chi connectivity index (χ1n) is 4.87. The Morgan fingerprint density at radius 1 is 1.35 bits per heavy atom. The second-order valence-corrected chi connectivity index (χ2v) is 5.65. The van der Waals surface area contributed by atoms with Crippen molar-refractivity contribution < 1.29 is 4.79 Å². The number of rotatable bonds is 3. The van der Waals surface area contributed by atoms with Crippen LogP contribution >= 0.6 is 38.9 Å². The number of carbonyl (C=O) groups is 1. The van der Waals surface area contributed by atoms with E-state index >= 15 is 0 Å². The minimum atomic E-state index is 0.000625.